The van der Waals surface area contributed by atoms with Crippen molar-refractivity contribution in [2.45, 2.75) is 31.0 Å². The van der Waals surface area contributed by atoms with Gasteiger partial charge in [0, 0.05) is 16.8 Å². The van der Waals surface area contributed by atoms with Crippen molar-refractivity contribution in [3.05, 3.63) is 95.1 Å². The summed E-state index contributed by atoms with van der Waals surface area (Å²) in [4.78, 5) is 23.8. The van der Waals surface area contributed by atoms with Crippen LogP contribution < -0.4 is 10.0 Å². The number of amides is 1. The lowest BCUT2D eigenvalue weighted by molar-refractivity contribution is -0.137. The Morgan fingerprint density at radius 1 is 0.882 bits per heavy atom. The summed E-state index contributed by atoms with van der Waals surface area (Å²) in [5.41, 5.74) is 0.279. The average molecular weight is 491 g/mol. The summed E-state index contributed by atoms with van der Waals surface area (Å²) in [6, 6.07) is 15.0. The van der Waals surface area contributed by atoms with Gasteiger partial charge in [0.1, 0.15) is 0 Å². The van der Waals surface area contributed by atoms with E-state index < -0.39 is 33.7 Å². The van der Waals surface area contributed by atoms with Crippen molar-refractivity contribution >= 4 is 27.4 Å². The molecule has 3 aromatic carbocycles. The molecule has 3 aromatic rings. The maximum Gasteiger partial charge on any atom is 0.416 e. The lowest BCUT2D eigenvalue weighted by atomic mass is 10.0. The molecule has 0 heterocycles. The number of carbonyl (C=O) groups is 2. The van der Waals surface area contributed by atoms with E-state index in [2.05, 4.69) is 10.0 Å². The van der Waals surface area contributed by atoms with Crippen LogP contribution in [0.4, 0.5) is 18.9 Å². The van der Waals surface area contributed by atoms with Crippen LogP contribution in [0.2, 0.25) is 0 Å². The van der Waals surface area contributed by atoms with Crippen molar-refractivity contribution in [1.29, 1.82) is 0 Å². The number of carbonyl (C=O) groups excluding carboxylic acids is 2. The summed E-state index contributed by atoms with van der Waals surface area (Å²) < 4.78 is 66.2. The Kier molecular flexibility index (Phi) is 7.11. The zero-order chi connectivity index (χ0) is 25.1. The molecule has 0 bridgehead atoms. The van der Waals surface area contributed by atoms with Crippen LogP contribution in [0, 0.1) is 0 Å². The first-order valence-electron chi connectivity index (χ1n) is 10.1. The third-order valence-corrected chi connectivity index (χ3v) is 6.43. The number of hydrogen-bond acceptors (Lipinski definition) is 4. The molecular formula is C24H21F3N2O4S. The molecule has 0 unspecified atom stereocenters. The molecule has 0 saturated heterocycles. The SMILES string of the molecule is CC(=O)c1ccc(S(=O)(=O)Nc2ccc(C(=O)N[C@@H](C)c3cccc(C(F)(F)F)c3)cc2)cc1. The largest absolute Gasteiger partial charge is 0.416 e. The molecule has 0 aliphatic rings. The Bertz CT molecular complexity index is 1300. The van der Waals surface area contributed by atoms with E-state index in [0.29, 0.717) is 11.1 Å². The van der Waals surface area contributed by atoms with Gasteiger partial charge in [0.15, 0.2) is 5.78 Å². The number of halogens is 3. The number of ketones is 1. The van der Waals surface area contributed by atoms with Gasteiger partial charge in [-0.15, -0.1) is 0 Å². The number of nitrogens with one attached hydrogen (secondary N) is 2. The van der Waals surface area contributed by atoms with Crippen molar-refractivity contribution in [2.24, 2.45) is 0 Å². The summed E-state index contributed by atoms with van der Waals surface area (Å²) >= 11 is 0. The van der Waals surface area contributed by atoms with Gasteiger partial charge in [-0.3, -0.25) is 14.3 Å². The fourth-order valence-electron chi connectivity index (χ4n) is 3.12. The van der Waals surface area contributed by atoms with Gasteiger partial charge >= 0.3 is 6.18 Å². The number of alkyl halides is 3. The lowest BCUT2D eigenvalue weighted by Crippen LogP contribution is -2.26. The molecule has 0 saturated carbocycles. The third kappa shape index (κ3) is 6.02. The van der Waals surface area contributed by atoms with Gasteiger partial charge in [0.05, 0.1) is 16.5 Å². The molecule has 6 nitrogen and oxygen atoms in total. The monoisotopic (exact) mass is 490 g/mol. The average Bonchev–Trinajstić information content (AvgIpc) is 2.79. The molecule has 0 aliphatic heterocycles. The zero-order valence-corrected chi connectivity index (χ0v) is 19.0. The van der Waals surface area contributed by atoms with Gasteiger partial charge in [0.2, 0.25) is 0 Å². The van der Waals surface area contributed by atoms with Gasteiger partial charge in [-0.25, -0.2) is 8.42 Å². The highest BCUT2D eigenvalue weighted by molar-refractivity contribution is 7.92. The minimum atomic E-state index is -4.49. The molecular weight excluding hydrogens is 469 g/mol. The maximum absolute atomic E-state index is 12.9. The van der Waals surface area contributed by atoms with Gasteiger partial charge in [-0.05, 0) is 67.9 Å². The van der Waals surface area contributed by atoms with E-state index in [0.717, 1.165) is 12.1 Å². The quantitative estimate of drug-likeness (QED) is 0.446. The lowest BCUT2D eigenvalue weighted by Gasteiger charge is -2.16. The van der Waals surface area contributed by atoms with Gasteiger partial charge in [0.25, 0.3) is 15.9 Å². The van der Waals surface area contributed by atoms with Crippen molar-refractivity contribution in [2.75, 3.05) is 4.72 Å². The van der Waals surface area contributed by atoms with E-state index in [1.165, 1.54) is 67.6 Å². The third-order valence-electron chi connectivity index (χ3n) is 5.03. The molecule has 1 amide bonds. The molecule has 3 rings (SSSR count). The van der Waals surface area contributed by atoms with Crippen LogP contribution in [-0.2, 0) is 16.2 Å². The maximum atomic E-state index is 12.9. The van der Waals surface area contributed by atoms with Crippen LogP contribution in [0.3, 0.4) is 0 Å². The van der Waals surface area contributed by atoms with E-state index in [-0.39, 0.29) is 21.9 Å². The highest BCUT2D eigenvalue weighted by Crippen LogP contribution is 2.30. The summed E-state index contributed by atoms with van der Waals surface area (Å²) in [5.74, 6) is -0.715. The standard InChI is InChI=1S/C24H21F3N2O4S/c1-15(19-4-3-5-20(14-19)24(25,26)27)28-23(31)18-6-10-21(11-7-18)29-34(32,33)22-12-8-17(9-13-22)16(2)30/h3-15,29H,1-2H3,(H,28,31)/t15-/m0/s1. The first-order chi connectivity index (χ1) is 15.9. The Balaban J connectivity index is 1.68. The number of benzene rings is 3. The number of hydrogen-bond donors (Lipinski definition) is 2. The van der Waals surface area contributed by atoms with Gasteiger partial charge < -0.3 is 5.32 Å². The summed E-state index contributed by atoms with van der Waals surface area (Å²) in [7, 11) is -3.91. The fourth-order valence-corrected chi connectivity index (χ4v) is 4.18. The van der Waals surface area contributed by atoms with Crippen LogP contribution >= 0.6 is 0 Å². The first kappa shape index (κ1) is 25.0. The minimum Gasteiger partial charge on any atom is -0.346 e. The van der Waals surface area contributed by atoms with E-state index in [1.807, 2.05) is 0 Å². The van der Waals surface area contributed by atoms with Crippen molar-refractivity contribution in [3.63, 3.8) is 0 Å². The van der Waals surface area contributed by atoms with Gasteiger partial charge in [-0.1, -0.05) is 24.3 Å². The molecule has 34 heavy (non-hydrogen) atoms. The van der Waals surface area contributed by atoms with E-state index >= 15 is 0 Å². The highest BCUT2D eigenvalue weighted by Gasteiger charge is 2.30. The van der Waals surface area contributed by atoms with Crippen LogP contribution in [0.15, 0.2) is 77.7 Å². The van der Waals surface area contributed by atoms with Crippen LogP contribution in [0.5, 0.6) is 0 Å². The first-order valence-corrected chi connectivity index (χ1v) is 11.6. The molecule has 10 heteroatoms. The number of anilines is 1. The molecule has 0 aromatic heterocycles. The van der Waals surface area contributed by atoms with Crippen LogP contribution in [0.1, 0.15) is 51.7 Å². The summed E-state index contributed by atoms with van der Waals surface area (Å²) in [5, 5.41) is 2.63. The minimum absolute atomic E-state index is 0.0331. The van der Waals surface area contributed by atoms with Crippen molar-refractivity contribution in [3.8, 4) is 0 Å². The highest BCUT2D eigenvalue weighted by atomic mass is 32.2. The Morgan fingerprint density at radius 3 is 2.03 bits per heavy atom. The van der Waals surface area contributed by atoms with E-state index in [1.54, 1.807) is 6.92 Å². The van der Waals surface area contributed by atoms with Crippen LogP contribution in [-0.4, -0.2) is 20.1 Å². The normalized spacial score (nSPS) is 12.6. The number of rotatable bonds is 7. The molecule has 178 valence electrons. The predicted molar refractivity (Wildman–Crippen MR) is 121 cm³/mol. The van der Waals surface area contributed by atoms with E-state index in [9.17, 15) is 31.2 Å². The summed E-state index contributed by atoms with van der Waals surface area (Å²) in [6.45, 7) is 2.94. The van der Waals surface area contributed by atoms with E-state index in [4.69, 9.17) is 0 Å². The molecule has 2 N–H and O–H groups in total. The second kappa shape index (κ2) is 9.68. The van der Waals surface area contributed by atoms with Crippen molar-refractivity contribution in [1.82, 2.24) is 5.32 Å². The zero-order valence-electron chi connectivity index (χ0n) is 18.2. The topological polar surface area (TPSA) is 92.3 Å². The molecule has 0 radical (unpaired) electrons. The predicted octanol–water partition coefficient (Wildman–Crippen LogP) is 5.20. The van der Waals surface area contributed by atoms with Gasteiger partial charge in [-0.2, -0.15) is 13.2 Å². The summed E-state index contributed by atoms with van der Waals surface area (Å²) in [6.07, 6.45) is -4.49. The Labute approximate surface area is 194 Å². The molecule has 0 spiro atoms. The second-order valence-corrected chi connectivity index (χ2v) is 9.26. The smallest absolute Gasteiger partial charge is 0.346 e. The number of Topliss-reactive ketones (excluding diaryl/α,β-unsaturated/α-hetero) is 1. The number of sulfonamides is 1. The molecule has 0 aliphatic carbocycles. The van der Waals surface area contributed by atoms with Crippen LogP contribution in [0.25, 0.3) is 0 Å². The molecule has 1 atom stereocenters. The molecule has 0 fully saturated rings. The van der Waals surface area contributed by atoms with Crippen molar-refractivity contribution < 1.29 is 31.2 Å². The fraction of sp³-hybridized carbons (Fsp3) is 0.167. The Morgan fingerprint density at radius 2 is 1.47 bits per heavy atom. The second-order valence-electron chi connectivity index (χ2n) is 7.58. The Hall–Kier alpha value is -3.66.